The zero-order valence-corrected chi connectivity index (χ0v) is 16.3. The van der Waals surface area contributed by atoms with Gasteiger partial charge in [-0.2, -0.15) is 5.26 Å². The summed E-state index contributed by atoms with van der Waals surface area (Å²) in [5.41, 5.74) is 2.05. The minimum atomic E-state index is 0.0781. The Bertz CT molecular complexity index is 794. The fourth-order valence-corrected chi connectivity index (χ4v) is 3.53. The number of rotatable bonds is 7. The Morgan fingerprint density at radius 2 is 1.82 bits per heavy atom. The first-order chi connectivity index (χ1) is 13.7. The average Bonchev–Trinajstić information content (AvgIpc) is 2.75. The fourth-order valence-electron chi connectivity index (χ4n) is 3.53. The second-order valence-electron chi connectivity index (χ2n) is 6.90. The summed E-state index contributed by atoms with van der Waals surface area (Å²) in [5.74, 6) is 0.936. The lowest BCUT2D eigenvalue weighted by Gasteiger charge is -2.34. The lowest BCUT2D eigenvalue weighted by molar-refractivity contribution is -0.892. The minimum Gasteiger partial charge on any atom is -0.497 e. The molecule has 1 aliphatic heterocycles. The van der Waals surface area contributed by atoms with Crippen molar-refractivity contribution in [2.24, 2.45) is 0 Å². The summed E-state index contributed by atoms with van der Waals surface area (Å²) in [6.45, 7) is 4.55. The van der Waals surface area contributed by atoms with E-state index < -0.39 is 0 Å². The second-order valence-corrected chi connectivity index (χ2v) is 6.90. The number of methoxy groups -OCH3 is 1. The molecule has 0 aromatic heterocycles. The van der Waals surface area contributed by atoms with Gasteiger partial charge in [0, 0.05) is 17.9 Å². The molecule has 0 saturated carbocycles. The van der Waals surface area contributed by atoms with Crippen LogP contribution >= 0.6 is 0 Å². The molecule has 1 fully saturated rings. The molecule has 1 saturated heterocycles. The highest BCUT2D eigenvalue weighted by Gasteiger charge is 2.25. The number of nitriles is 1. The summed E-state index contributed by atoms with van der Waals surface area (Å²) in [6.07, 6.45) is 0.335. The van der Waals surface area contributed by atoms with Gasteiger partial charge in [0.15, 0.2) is 6.54 Å². The van der Waals surface area contributed by atoms with Crippen LogP contribution in [0, 0.1) is 11.3 Å². The molecule has 2 aromatic rings. The Hall–Kier alpha value is -3.04. The predicted octanol–water partition coefficient (Wildman–Crippen LogP) is 1.35. The van der Waals surface area contributed by atoms with Gasteiger partial charge in [-0.3, -0.25) is 4.79 Å². The highest BCUT2D eigenvalue weighted by atomic mass is 16.5. The van der Waals surface area contributed by atoms with Crippen LogP contribution in [-0.2, 0) is 4.79 Å². The zero-order chi connectivity index (χ0) is 19.8. The molecule has 0 atom stereocenters. The molecule has 28 heavy (non-hydrogen) atoms. The van der Waals surface area contributed by atoms with Gasteiger partial charge in [-0.15, -0.1) is 0 Å². The van der Waals surface area contributed by atoms with Crippen molar-refractivity contribution in [3.8, 4) is 11.8 Å². The number of nitrogens with one attached hydrogen (secondary N) is 1. The number of para-hydroxylation sites is 1. The number of nitrogens with zero attached hydrogens (tertiary/aromatic N) is 3. The summed E-state index contributed by atoms with van der Waals surface area (Å²) in [4.78, 5) is 18.3. The number of hydrogen-bond acceptors (Lipinski definition) is 4. The highest BCUT2D eigenvalue weighted by molar-refractivity contribution is 5.94. The highest BCUT2D eigenvalue weighted by Crippen LogP contribution is 2.19. The molecule has 0 radical (unpaired) electrons. The number of hydrogen-bond donors (Lipinski definition) is 1. The molecule has 146 valence electrons. The van der Waals surface area contributed by atoms with Gasteiger partial charge < -0.3 is 19.4 Å². The summed E-state index contributed by atoms with van der Waals surface area (Å²) in [5, 5.41) is 8.93. The van der Waals surface area contributed by atoms with Gasteiger partial charge in [0.05, 0.1) is 45.8 Å². The molecular formula is C22H27N4O2+. The molecule has 6 nitrogen and oxygen atoms in total. The number of anilines is 2. The van der Waals surface area contributed by atoms with E-state index >= 15 is 0 Å². The van der Waals surface area contributed by atoms with Crippen LogP contribution in [0.1, 0.15) is 6.42 Å². The number of carbonyl (C=O) groups is 1. The van der Waals surface area contributed by atoms with Crippen LogP contribution in [0.25, 0.3) is 0 Å². The first-order valence-electron chi connectivity index (χ1n) is 9.66. The van der Waals surface area contributed by atoms with Crippen molar-refractivity contribution in [3.05, 3.63) is 54.6 Å². The summed E-state index contributed by atoms with van der Waals surface area (Å²) in [7, 11) is 1.67. The maximum atomic E-state index is 12.9. The monoisotopic (exact) mass is 379 g/mol. The molecule has 2 aromatic carbocycles. The van der Waals surface area contributed by atoms with Crippen molar-refractivity contribution in [1.29, 1.82) is 5.26 Å². The predicted molar refractivity (Wildman–Crippen MR) is 110 cm³/mol. The topological polar surface area (TPSA) is 61.0 Å². The second kappa shape index (κ2) is 9.77. The van der Waals surface area contributed by atoms with Gasteiger partial charge in [-0.25, -0.2) is 0 Å². The summed E-state index contributed by atoms with van der Waals surface area (Å²) < 4.78 is 5.22. The van der Waals surface area contributed by atoms with Crippen molar-refractivity contribution in [3.63, 3.8) is 0 Å². The number of benzene rings is 2. The van der Waals surface area contributed by atoms with Crippen LogP contribution in [0.3, 0.4) is 0 Å². The molecule has 1 aliphatic rings. The van der Waals surface area contributed by atoms with Crippen molar-refractivity contribution in [2.45, 2.75) is 6.42 Å². The van der Waals surface area contributed by atoms with Gasteiger partial charge in [0.1, 0.15) is 5.75 Å². The van der Waals surface area contributed by atoms with E-state index in [2.05, 4.69) is 23.1 Å². The molecule has 1 N–H and O–H groups in total. The van der Waals surface area contributed by atoms with Crippen molar-refractivity contribution in [2.75, 3.05) is 56.2 Å². The Balaban J connectivity index is 1.56. The molecule has 0 bridgehead atoms. The maximum absolute atomic E-state index is 12.9. The molecule has 0 aliphatic carbocycles. The van der Waals surface area contributed by atoms with E-state index in [1.165, 1.54) is 10.6 Å². The average molecular weight is 379 g/mol. The number of carbonyl (C=O) groups excluding carboxylic acids is 1. The molecule has 1 heterocycles. The summed E-state index contributed by atoms with van der Waals surface area (Å²) >= 11 is 0. The smallest absolute Gasteiger partial charge is 0.282 e. The molecule has 0 unspecified atom stereocenters. The third-order valence-electron chi connectivity index (χ3n) is 5.13. The number of ether oxygens (including phenoxy) is 1. The normalized spacial score (nSPS) is 14.4. The standard InChI is InChI=1S/C22H26N4O2/c1-28-21-10-8-19(9-11-21)25-16-14-24(15-17-25)18-22(27)26(13-5-12-23)20-6-3-2-4-7-20/h2-4,6-11H,5,13-18H2,1H3/p+1. The van der Waals surface area contributed by atoms with Crippen LogP contribution < -0.4 is 19.4 Å². The Labute approximate surface area is 166 Å². The van der Waals surface area contributed by atoms with Crippen LogP contribution in [-0.4, -0.2) is 52.3 Å². The largest absolute Gasteiger partial charge is 0.497 e. The van der Waals surface area contributed by atoms with E-state index in [1.54, 1.807) is 12.0 Å². The SMILES string of the molecule is COc1ccc(N2CC[NH+](CC(=O)N(CCC#N)c3ccccc3)CC2)cc1. The van der Waals surface area contributed by atoms with E-state index in [-0.39, 0.29) is 5.91 Å². The summed E-state index contributed by atoms with van der Waals surface area (Å²) in [6, 6.07) is 19.9. The van der Waals surface area contributed by atoms with Gasteiger partial charge in [0.25, 0.3) is 5.91 Å². The van der Waals surface area contributed by atoms with Gasteiger partial charge in [-0.05, 0) is 36.4 Å². The maximum Gasteiger partial charge on any atom is 0.282 e. The first-order valence-corrected chi connectivity index (χ1v) is 9.66. The lowest BCUT2D eigenvalue weighted by atomic mass is 10.2. The number of amides is 1. The molecular weight excluding hydrogens is 352 g/mol. The van der Waals surface area contributed by atoms with E-state index in [9.17, 15) is 4.79 Å². The van der Waals surface area contributed by atoms with Crippen LogP contribution in [0.5, 0.6) is 5.75 Å². The number of piperazine rings is 1. The first kappa shape index (κ1) is 19.7. The van der Waals surface area contributed by atoms with E-state index in [0.29, 0.717) is 19.5 Å². The zero-order valence-electron chi connectivity index (χ0n) is 16.3. The minimum absolute atomic E-state index is 0.0781. The fraction of sp³-hybridized carbons (Fsp3) is 0.364. The van der Waals surface area contributed by atoms with Crippen molar-refractivity contribution in [1.82, 2.24) is 0 Å². The molecule has 3 rings (SSSR count). The Kier molecular flexibility index (Phi) is 6.88. The van der Waals surface area contributed by atoms with Crippen LogP contribution in [0.4, 0.5) is 11.4 Å². The molecule has 0 spiro atoms. The van der Waals surface area contributed by atoms with Crippen LogP contribution in [0.15, 0.2) is 54.6 Å². The Morgan fingerprint density at radius 1 is 1.14 bits per heavy atom. The number of quaternary nitrogens is 1. The van der Waals surface area contributed by atoms with E-state index in [1.807, 2.05) is 42.5 Å². The van der Waals surface area contributed by atoms with Crippen LogP contribution in [0.2, 0.25) is 0 Å². The van der Waals surface area contributed by atoms with E-state index in [0.717, 1.165) is 37.6 Å². The third kappa shape index (κ3) is 5.02. The quantitative estimate of drug-likeness (QED) is 0.789. The Morgan fingerprint density at radius 3 is 2.43 bits per heavy atom. The molecule has 6 heteroatoms. The van der Waals surface area contributed by atoms with Crippen molar-refractivity contribution >= 4 is 17.3 Å². The third-order valence-corrected chi connectivity index (χ3v) is 5.13. The molecule has 1 amide bonds. The van der Waals surface area contributed by atoms with Gasteiger partial charge >= 0.3 is 0 Å². The van der Waals surface area contributed by atoms with Crippen molar-refractivity contribution < 1.29 is 14.4 Å². The lowest BCUT2D eigenvalue weighted by Crippen LogP contribution is -3.16. The van der Waals surface area contributed by atoms with Gasteiger partial charge in [0.2, 0.25) is 0 Å². The van der Waals surface area contributed by atoms with Gasteiger partial charge in [-0.1, -0.05) is 18.2 Å². The van der Waals surface area contributed by atoms with E-state index in [4.69, 9.17) is 10.00 Å².